The topological polar surface area (TPSA) is 131 Å². The van der Waals surface area contributed by atoms with Crippen LogP contribution in [0.5, 0.6) is 0 Å². The molecule has 0 aliphatic carbocycles. The van der Waals surface area contributed by atoms with Gasteiger partial charge in [-0.2, -0.15) is 9.97 Å². The van der Waals surface area contributed by atoms with Crippen LogP contribution >= 0.6 is 11.3 Å². The van der Waals surface area contributed by atoms with Crippen molar-refractivity contribution >= 4 is 42.5 Å². The molecule has 0 atom stereocenters. The summed E-state index contributed by atoms with van der Waals surface area (Å²) in [4.78, 5) is 12.4. The fourth-order valence-electron chi connectivity index (χ4n) is 2.26. The molecule has 0 saturated heterocycles. The third-order valence-corrected chi connectivity index (χ3v) is 5.91. The molecule has 0 radical (unpaired) electrons. The lowest BCUT2D eigenvalue weighted by atomic mass is 10.1. The molecular formula is C16H19N5O3S2. The summed E-state index contributed by atoms with van der Waals surface area (Å²) in [6.45, 7) is 3.37. The van der Waals surface area contributed by atoms with Crippen molar-refractivity contribution in [3.05, 3.63) is 35.9 Å². The summed E-state index contributed by atoms with van der Waals surface area (Å²) < 4.78 is 26.1. The second-order valence-corrected chi connectivity index (χ2v) is 9.39. The number of hydrogen-bond donors (Lipinski definition) is 3. The molecule has 0 spiro atoms. The maximum atomic E-state index is 12.8. The van der Waals surface area contributed by atoms with Gasteiger partial charge in [-0.25, -0.2) is 13.4 Å². The van der Waals surface area contributed by atoms with Crippen LogP contribution in [0.15, 0.2) is 35.5 Å². The molecule has 0 bridgehead atoms. The van der Waals surface area contributed by atoms with Gasteiger partial charge in [0.1, 0.15) is 4.70 Å². The Balaban J connectivity index is 2.08. The van der Waals surface area contributed by atoms with E-state index < -0.39 is 15.4 Å². The molecule has 3 aromatic rings. The molecule has 8 nitrogen and oxygen atoms in total. The van der Waals surface area contributed by atoms with Gasteiger partial charge in [-0.1, -0.05) is 41.7 Å². The molecule has 1 aromatic carbocycles. The van der Waals surface area contributed by atoms with Gasteiger partial charge >= 0.3 is 0 Å². The highest BCUT2D eigenvalue weighted by molar-refractivity contribution is 7.90. The Morgan fingerprint density at radius 2 is 1.88 bits per heavy atom. The van der Waals surface area contributed by atoms with E-state index in [1.54, 1.807) is 38.1 Å². The molecule has 0 fully saturated rings. The Kier molecular flexibility index (Phi) is 4.82. The summed E-state index contributed by atoms with van der Waals surface area (Å²) in [7, 11) is -3.78. The number of aromatic nitrogens is 3. The summed E-state index contributed by atoms with van der Waals surface area (Å²) in [5, 5.41) is 12.5. The molecule has 0 saturated carbocycles. The highest BCUT2D eigenvalue weighted by Crippen LogP contribution is 2.31. The van der Waals surface area contributed by atoms with Crippen molar-refractivity contribution in [3.8, 4) is 0 Å². The minimum Gasteiger partial charge on any atom is -0.394 e. The molecule has 26 heavy (non-hydrogen) atoms. The SMILES string of the molecule is CC(C)(CO)Nc1nc(S(=O)(=O)Cc2ccccc2)nc2nc(N)sc12. The number of aliphatic hydroxyl groups excluding tert-OH is 1. The van der Waals surface area contributed by atoms with Crippen molar-refractivity contribution in [2.75, 3.05) is 17.7 Å². The first-order chi connectivity index (χ1) is 12.2. The second-order valence-electron chi connectivity index (χ2n) is 6.47. The van der Waals surface area contributed by atoms with Crippen LogP contribution in [-0.4, -0.2) is 40.6 Å². The number of nitrogen functional groups attached to an aromatic ring is 1. The quantitative estimate of drug-likeness (QED) is 0.541. The van der Waals surface area contributed by atoms with Crippen LogP contribution in [-0.2, 0) is 15.6 Å². The summed E-state index contributed by atoms with van der Waals surface area (Å²) in [6, 6.07) is 8.81. The lowest BCUT2D eigenvalue weighted by molar-refractivity contribution is 0.234. The number of benzene rings is 1. The Morgan fingerprint density at radius 1 is 1.19 bits per heavy atom. The van der Waals surface area contributed by atoms with Gasteiger partial charge < -0.3 is 16.2 Å². The molecule has 2 aromatic heterocycles. The number of sulfone groups is 1. The maximum Gasteiger partial charge on any atom is 0.251 e. The minimum atomic E-state index is -3.78. The monoisotopic (exact) mass is 393 g/mol. The predicted octanol–water partition coefficient (Wildman–Crippen LogP) is 1.83. The van der Waals surface area contributed by atoms with Crippen LogP contribution in [0.2, 0.25) is 0 Å². The lowest BCUT2D eigenvalue weighted by Crippen LogP contribution is -2.35. The molecular weight excluding hydrogens is 374 g/mol. The smallest absolute Gasteiger partial charge is 0.251 e. The Labute approximate surface area is 155 Å². The summed E-state index contributed by atoms with van der Waals surface area (Å²) >= 11 is 1.16. The van der Waals surface area contributed by atoms with E-state index in [1.165, 1.54) is 0 Å². The zero-order chi connectivity index (χ0) is 18.9. The average molecular weight is 393 g/mol. The number of hydrogen-bond acceptors (Lipinski definition) is 9. The van der Waals surface area contributed by atoms with Crippen LogP contribution in [0.3, 0.4) is 0 Å². The van der Waals surface area contributed by atoms with E-state index >= 15 is 0 Å². The van der Waals surface area contributed by atoms with Crippen LogP contribution in [0.25, 0.3) is 10.3 Å². The highest BCUT2D eigenvalue weighted by Gasteiger charge is 2.25. The molecule has 138 valence electrons. The Hall–Kier alpha value is -2.30. The largest absolute Gasteiger partial charge is 0.394 e. The molecule has 0 aliphatic rings. The van der Waals surface area contributed by atoms with Crippen LogP contribution in [0.4, 0.5) is 10.9 Å². The maximum absolute atomic E-state index is 12.8. The van der Waals surface area contributed by atoms with Gasteiger partial charge in [-0.05, 0) is 19.4 Å². The van der Waals surface area contributed by atoms with Crippen molar-refractivity contribution in [2.45, 2.75) is 30.3 Å². The molecule has 4 N–H and O–H groups in total. The van der Waals surface area contributed by atoms with Crippen molar-refractivity contribution in [1.82, 2.24) is 15.0 Å². The van der Waals surface area contributed by atoms with Gasteiger partial charge in [0, 0.05) is 0 Å². The van der Waals surface area contributed by atoms with Crippen LogP contribution < -0.4 is 11.1 Å². The van der Waals surface area contributed by atoms with Crippen molar-refractivity contribution in [2.24, 2.45) is 0 Å². The average Bonchev–Trinajstić information content (AvgIpc) is 2.96. The summed E-state index contributed by atoms with van der Waals surface area (Å²) in [6.07, 6.45) is 0. The first kappa shape index (κ1) is 18.5. The van der Waals surface area contributed by atoms with Gasteiger partial charge in [0.25, 0.3) is 5.16 Å². The number of anilines is 2. The molecule has 0 amide bonds. The molecule has 0 unspecified atom stereocenters. The number of nitrogens with one attached hydrogen (secondary N) is 1. The molecule has 2 heterocycles. The molecule has 3 rings (SSSR count). The van der Waals surface area contributed by atoms with Gasteiger partial charge in [0.2, 0.25) is 9.84 Å². The third-order valence-electron chi connectivity index (χ3n) is 3.58. The number of thiazole rings is 1. The van der Waals surface area contributed by atoms with E-state index in [0.717, 1.165) is 11.3 Å². The highest BCUT2D eigenvalue weighted by atomic mass is 32.2. The minimum absolute atomic E-state index is 0.168. The lowest BCUT2D eigenvalue weighted by Gasteiger charge is -2.24. The predicted molar refractivity (Wildman–Crippen MR) is 102 cm³/mol. The zero-order valence-electron chi connectivity index (χ0n) is 14.3. The van der Waals surface area contributed by atoms with Crippen molar-refractivity contribution in [3.63, 3.8) is 0 Å². The fourth-order valence-corrected chi connectivity index (χ4v) is 4.20. The fraction of sp³-hybridized carbons (Fsp3) is 0.312. The van der Waals surface area contributed by atoms with Crippen molar-refractivity contribution < 1.29 is 13.5 Å². The van der Waals surface area contributed by atoms with Gasteiger partial charge in [-0.15, -0.1) is 0 Å². The van der Waals surface area contributed by atoms with E-state index in [4.69, 9.17) is 5.73 Å². The van der Waals surface area contributed by atoms with E-state index in [2.05, 4.69) is 20.3 Å². The van der Waals surface area contributed by atoms with Gasteiger partial charge in [-0.3, -0.25) is 0 Å². The van der Waals surface area contributed by atoms with Gasteiger partial charge in [0.05, 0.1) is 17.9 Å². The Bertz CT molecular complexity index is 1030. The second kappa shape index (κ2) is 6.78. The third kappa shape index (κ3) is 3.92. The van der Waals surface area contributed by atoms with Crippen LogP contribution in [0.1, 0.15) is 19.4 Å². The van der Waals surface area contributed by atoms with E-state index in [-0.39, 0.29) is 34.1 Å². The first-order valence-electron chi connectivity index (χ1n) is 7.80. The first-order valence-corrected chi connectivity index (χ1v) is 10.3. The van der Waals surface area contributed by atoms with Crippen LogP contribution in [0, 0.1) is 0 Å². The standard InChI is InChI=1S/C16H19N5O3S2/c1-16(2,9-22)21-13-11-12(18-14(17)25-11)19-15(20-13)26(23,24)8-10-6-4-3-5-7-10/h3-7,22H,8-9H2,1-2H3,(H3,17,18,19,20,21). The van der Waals surface area contributed by atoms with Crippen molar-refractivity contribution in [1.29, 1.82) is 0 Å². The normalized spacial score (nSPS) is 12.4. The zero-order valence-corrected chi connectivity index (χ0v) is 15.9. The van der Waals surface area contributed by atoms with E-state index in [1.807, 2.05) is 6.07 Å². The number of nitrogens with zero attached hydrogens (tertiary/aromatic N) is 3. The van der Waals surface area contributed by atoms with E-state index in [9.17, 15) is 13.5 Å². The van der Waals surface area contributed by atoms with Gasteiger partial charge in [0.15, 0.2) is 16.6 Å². The number of fused-ring (bicyclic) bond motifs is 1. The summed E-state index contributed by atoms with van der Waals surface area (Å²) in [5.41, 5.74) is 5.90. The number of nitrogens with two attached hydrogens (primary N) is 1. The molecule has 10 heteroatoms. The van der Waals surface area contributed by atoms with E-state index in [0.29, 0.717) is 10.3 Å². The molecule has 0 aliphatic heterocycles. The number of aliphatic hydroxyl groups is 1. The Morgan fingerprint density at radius 3 is 2.54 bits per heavy atom. The number of rotatable bonds is 6. The summed E-state index contributed by atoms with van der Waals surface area (Å²) in [5.74, 6) is 0.0665.